The van der Waals surface area contributed by atoms with Crippen molar-refractivity contribution in [2.75, 3.05) is 19.7 Å². The van der Waals surface area contributed by atoms with Gasteiger partial charge in [-0.1, -0.05) is 11.6 Å². The molecule has 1 atom stereocenters. The number of aromatic nitrogens is 1. The molecule has 1 aromatic carbocycles. The zero-order valence-corrected chi connectivity index (χ0v) is 13.9. The summed E-state index contributed by atoms with van der Waals surface area (Å²) in [6.45, 7) is 1.41. The molecule has 1 aliphatic rings. The fourth-order valence-corrected chi connectivity index (χ4v) is 3.05. The van der Waals surface area contributed by atoms with E-state index in [2.05, 4.69) is 4.98 Å². The number of hydrogen-bond acceptors (Lipinski definition) is 4. The van der Waals surface area contributed by atoms with Crippen molar-refractivity contribution in [1.29, 1.82) is 0 Å². The summed E-state index contributed by atoms with van der Waals surface area (Å²) < 4.78 is 5.69. The molecule has 0 aliphatic carbocycles. The Morgan fingerprint density at radius 1 is 1.33 bits per heavy atom. The molecule has 1 aromatic heterocycles. The first-order chi connectivity index (χ1) is 11.7. The van der Waals surface area contributed by atoms with E-state index in [4.69, 9.17) is 16.3 Å². The van der Waals surface area contributed by atoms with Crippen LogP contribution in [0.4, 0.5) is 0 Å². The number of benzene rings is 1. The average molecular weight is 347 g/mol. The minimum atomic E-state index is -0.0643. The number of hydrogen-bond donors (Lipinski definition) is 1. The van der Waals surface area contributed by atoms with E-state index in [0.29, 0.717) is 35.2 Å². The highest BCUT2D eigenvalue weighted by molar-refractivity contribution is 6.32. The van der Waals surface area contributed by atoms with Gasteiger partial charge >= 0.3 is 0 Å². The molecule has 1 aliphatic heterocycles. The summed E-state index contributed by atoms with van der Waals surface area (Å²) in [5, 5.41) is 9.68. The Morgan fingerprint density at radius 2 is 2.12 bits per heavy atom. The SMILES string of the molecule is O=C(c1ccc(Oc2ccncc2)c(Cl)c1)N1CCCC(CO)C1. The van der Waals surface area contributed by atoms with Crippen LogP contribution in [0.1, 0.15) is 23.2 Å². The first-order valence-electron chi connectivity index (χ1n) is 7.95. The van der Waals surface area contributed by atoms with Crippen LogP contribution in [0.2, 0.25) is 5.02 Å². The minimum Gasteiger partial charge on any atom is -0.456 e. The molecule has 1 amide bonds. The van der Waals surface area contributed by atoms with Crippen LogP contribution in [0.3, 0.4) is 0 Å². The van der Waals surface area contributed by atoms with E-state index in [0.717, 1.165) is 12.8 Å². The molecule has 6 heteroatoms. The van der Waals surface area contributed by atoms with E-state index in [1.165, 1.54) is 0 Å². The molecule has 1 N–H and O–H groups in total. The monoisotopic (exact) mass is 346 g/mol. The third-order valence-corrected chi connectivity index (χ3v) is 4.42. The fraction of sp³-hybridized carbons (Fsp3) is 0.333. The first-order valence-corrected chi connectivity index (χ1v) is 8.32. The van der Waals surface area contributed by atoms with Crippen molar-refractivity contribution in [3.05, 3.63) is 53.3 Å². The maximum absolute atomic E-state index is 12.6. The Bertz CT molecular complexity index is 709. The molecule has 126 valence electrons. The number of aliphatic hydroxyl groups excluding tert-OH is 1. The van der Waals surface area contributed by atoms with Crippen molar-refractivity contribution in [3.63, 3.8) is 0 Å². The normalized spacial score (nSPS) is 17.6. The molecule has 0 spiro atoms. The lowest BCUT2D eigenvalue weighted by atomic mass is 9.98. The predicted octanol–water partition coefficient (Wildman–Crippen LogP) is 3.37. The van der Waals surface area contributed by atoms with Crippen LogP contribution >= 0.6 is 11.6 Å². The number of amides is 1. The van der Waals surface area contributed by atoms with Crippen molar-refractivity contribution in [2.45, 2.75) is 12.8 Å². The van der Waals surface area contributed by atoms with Crippen LogP contribution in [-0.4, -0.2) is 40.6 Å². The molecular weight excluding hydrogens is 328 g/mol. The molecule has 2 heterocycles. The van der Waals surface area contributed by atoms with Gasteiger partial charge < -0.3 is 14.7 Å². The molecule has 24 heavy (non-hydrogen) atoms. The highest BCUT2D eigenvalue weighted by Gasteiger charge is 2.24. The molecule has 0 radical (unpaired) electrons. The number of carbonyl (C=O) groups is 1. The topological polar surface area (TPSA) is 62.7 Å². The molecule has 5 nitrogen and oxygen atoms in total. The van der Waals surface area contributed by atoms with Gasteiger partial charge in [0.25, 0.3) is 5.91 Å². The second-order valence-electron chi connectivity index (χ2n) is 5.87. The molecule has 0 saturated carbocycles. The fourth-order valence-electron chi connectivity index (χ4n) is 2.83. The van der Waals surface area contributed by atoms with Crippen molar-refractivity contribution in [1.82, 2.24) is 9.88 Å². The van der Waals surface area contributed by atoms with Gasteiger partial charge in [0.2, 0.25) is 0 Å². The number of nitrogens with zero attached hydrogens (tertiary/aromatic N) is 2. The van der Waals surface area contributed by atoms with Gasteiger partial charge in [-0.25, -0.2) is 0 Å². The van der Waals surface area contributed by atoms with E-state index in [9.17, 15) is 9.90 Å². The van der Waals surface area contributed by atoms with Gasteiger partial charge in [0, 0.05) is 37.7 Å². The van der Waals surface area contributed by atoms with Crippen LogP contribution in [0.25, 0.3) is 0 Å². The van der Waals surface area contributed by atoms with Crippen molar-refractivity contribution in [3.8, 4) is 11.5 Å². The summed E-state index contributed by atoms with van der Waals surface area (Å²) in [6, 6.07) is 8.51. The van der Waals surface area contributed by atoms with Gasteiger partial charge in [-0.15, -0.1) is 0 Å². The second-order valence-corrected chi connectivity index (χ2v) is 6.28. The Balaban J connectivity index is 1.73. The van der Waals surface area contributed by atoms with Crippen molar-refractivity contribution >= 4 is 17.5 Å². The number of likely N-dealkylation sites (tertiary alicyclic amines) is 1. The average Bonchev–Trinajstić information content (AvgIpc) is 2.63. The predicted molar refractivity (Wildman–Crippen MR) is 91.5 cm³/mol. The Kier molecular flexibility index (Phi) is 5.33. The first kappa shape index (κ1) is 16.7. The second kappa shape index (κ2) is 7.64. The molecular formula is C18H19ClN2O3. The highest BCUT2D eigenvalue weighted by atomic mass is 35.5. The largest absolute Gasteiger partial charge is 0.456 e. The van der Waals surface area contributed by atoms with Gasteiger partial charge in [0.1, 0.15) is 11.5 Å². The Morgan fingerprint density at radius 3 is 2.83 bits per heavy atom. The molecule has 0 bridgehead atoms. The maximum Gasteiger partial charge on any atom is 0.253 e. The lowest BCUT2D eigenvalue weighted by Crippen LogP contribution is -2.40. The van der Waals surface area contributed by atoms with Crippen LogP contribution in [-0.2, 0) is 0 Å². The number of carbonyl (C=O) groups excluding carboxylic acids is 1. The van der Waals surface area contributed by atoms with E-state index in [1.54, 1.807) is 47.6 Å². The number of rotatable bonds is 4. The molecule has 3 rings (SSSR count). The van der Waals surface area contributed by atoms with Crippen molar-refractivity contribution < 1.29 is 14.6 Å². The highest BCUT2D eigenvalue weighted by Crippen LogP contribution is 2.30. The lowest BCUT2D eigenvalue weighted by Gasteiger charge is -2.32. The summed E-state index contributed by atoms with van der Waals surface area (Å²) in [5.41, 5.74) is 0.528. The summed E-state index contributed by atoms with van der Waals surface area (Å²) in [6.07, 6.45) is 5.14. The lowest BCUT2D eigenvalue weighted by molar-refractivity contribution is 0.0620. The van der Waals surface area contributed by atoms with E-state index in [-0.39, 0.29) is 18.4 Å². The third-order valence-electron chi connectivity index (χ3n) is 4.12. The summed E-state index contributed by atoms with van der Waals surface area (Å²) in [4.78, 5) is 18.3. The molecule has 2 aromatic rings. The number of halogens is 1. The van der Waals surface area contributed by atoms with Crippen LogP contribution < -0.4 is 4.74 Å². The van der Waals surface area contributed by atoms with Gasteiger partial charge in [-0.2, -0.15) is 0 Å². The summed E-state index contributed by atoms with van der Waals surface area (Å²) >= 11 is 6.27. The molecule has 1 saturated heterocycles. The van der Waals surface area contributed by atoms with Gasteiger partial charge in [0.05, 0.1) is 5.02 Å². The maximum atomic E-state index is 12.6. The van der Waals surface area contributed by atoms with Crippen LogP contribution in [0, 0.1) is 5.92 Å². The van der Waals surface area contributed by atoms with Crippen LogP contribution in [0.5, 0.6) is 11.5 Å². The summed E-state index contributed by atoms with van der Waals surface area (Å²) in [7, 11) is 0. The van der Waals surface area contributed by atoms with Gasteiger partial charge in [0.15, 0.2) is 0 Å². The van der Waals surface area contributed by atoms with Gasteiger partial charge in [-0.3, -0.25) is 9.78 Å². The summed E-state index contributed by atoms with van der Waals surface area (Å²) in [5.74, 6) is 1.22. The third kappa shape index (κ3) is 3.86. The minimum absolute atomic E-state index is 0.0643. The van der Waals surface area contributed by atoms with Crippen molar-refractivity contribution in [2.24, 2.45) is 5.92 Å². The molecule has 1 unspecified atom stereocenters. The number of piperidine rings is 1. The van der Waals surface area contributed by atoms with Gasteiger partial charge in [-0.05, 0) is 49.1 Å². The van der Waals surface area contributed by atoms with E-state index < -0.39 is 0 Å². The zero-order chi connectivity index (χ0) is 16.9. The van der Waals surface area contributed by atoms with Crippen LogP contribution in [0.15, 0.2) is 42.7 Å². The zero-order valence-electron chi connectivity index (χ0n) is 13.2. The number of aliphatic hydroxyl groups is 1. The standard InChI is InChI=1S/C18H19ClN2O3/c19-16-10-14(18(23)21-9-1-2-13(11-21)12-22)3-4-17(16)24-15-5-7-20-8-6-15/h3-8,10,13,22H,1-2,9,11-12H2. The quantitative estimate of drug-likeness (QED) is 0.922. The number of ether oxygens (including phenoxy) is 1. The smallest absolute Gasteiger partial charge is 0.253 e. The van der Waals surface area contributed by atoms with E-state index in [1.807, 2.05) is 0 Å². The Labute approximate surface area is 145 Å². The Hall–Kier alpha value is -2.11. The number of pyridine rings is 1. The van der Waals surface area contributed by atoms with E-state index >= 15 is 0 Å². The molecule has 1 fully saturated rings.